The van der Waals surface area contributed by atoms with Crippen LogP contribution in [0.4, 0.5) is 33.6 Å². The third kappa shape index (κ3) is 5.66. The van der Waals surface area contributed by atoms with E-state index < -0.39 is 0 Å². The summed E-state index contributed by atoms with van der Waals surface area (Å²) >= 11 is 0. The highest BCUT2D eigenvalue weighted by molar-refractivity contribution is 5.99. The molecule has 0 atom stereocenters. The minimum absolute atomic E-state index is 0.323. The van der Waals surface area contributed by atoms with E-state index in [1.54, 1.807) is 19.2 Å². The van der Waals surface area contributed by atoms with E-state index in [1.807, 2.05) is 49.4 Å². The van der Waals surface area contributed by atoms with Crippen LogP contribution in [-0.4, -0.2) is 36.2 Å². The van der Waals surface area contributed by atoms with Crippen molar-refractivity contribution in [1.82, 2.24) is 9.97 Å². The molecule has 0 radical (unpaired) electrons. The van der Waals surface area contributed by atoms with Gasteiger partial charge >= 0.3 is 6.03 Å². The number of urea groups is 1. The van der Waals surface area contributed by atoms with E-state index >= 15 is 0 Å². The Labute approximate surface area is 188 Å². The lowest BCUT2D eigenvalue weighted by Gasteiger charge is -2.27. The lowest BCUT2D eigenvalue weighted by molar-refractivity contribution is 0.262. The van der Waals surface area contributed by atoms with Gasteiger partial charge in [0.15, 0.2) is 0 Å². The Morgan fingerprint density at radius 3 is 2.38 bits per heavy atom. The fourth-order valence-electron chi connectivity index (χ4n) is 3.63. The van der Waals surface area contributed by atoms with E-state index in [2.05, 4.69) is 25.8 Å². The van der Waals surface area contributed by atoms with E-state index in [-0.39, 0.29) is 6.03 Å². The number of carbonyl (C=O) groups excluding carboxylic acids is 1. The third-order valence-corrected chi connectivity index (χ3v) is 5.22. The number of methoxy groups -OCH3 is 1. The minimum Gasteiger partial charge on any atom is -0.497 e. The summed E-state index contributed by atoms with van der Waals surface area (Å²) in [6.07, 6.45) is 3.63. The quantitative estimate of drug-likeness (QED) is 0.498. The molecule has 1 aromatic heterocycles. The largest absolute Gasteiger partial charge is 0.497 e. The van der Waals surface area contributed by atoms with Gasteiger partial charge in [0, 0.05) is 48.0 Å². The topological polar surface area (TPSA) is 91.4 Å². The SMILES string of the molecule is COc1cccc(NC(=O)Nc2ccc(Nc3cc(C)nc(N4CCCCC4)n3)cc2)c1. The zero-order valence-corrected chi connectivity index (χ0v) is 18.4. The summed E-state index contributed by atoms with van der Waals surface area (Å²) in [5.41, 5.74) is 3.15. The number of aryl methyl sites for hydroxylation is 1. The summed E-state index contributed by atoms with van der Waals surface area (Å²) in [5.74, 6) is 2.22. The van der Waals surface area contributed by atoms with Crippen LogP contribution >= 0.6 is 0 Å². The second-order valence-electron chi connectivity index (χ2n) is 7.76. The number of rotatable bonds is 6. The van der Waals surface area contributed by atoms with Crippen molar-refractivity contribution in [2.45, 2.75) is 26.2 Å². The molecule has 2 amide bonds. The molecule has 2 heterocycles. The number of nitrogens with one attached hydrogen (secondary N) is 3. The van der Waals surface area contributed by atoms with Gasteiger partial charge in [-0.25, -0.2) is 9.78 Å². The molecule has 0 spiro atoms. The zero-order valence-electron chi connectivity index (χ0n) is 18.4. The number of carbonyl (C=O) groups is 1. The van der Waals surface area contributed by atoms with Crippen molar-refractivity contribution in [2.75, 3.05) is 41.0 Å². The van der Waals surface area contributed by atoms with Crippen LogP contribution in [0, 0.1) is 6.92 Å². The van der Waals surface area contributed by atoms with Gasteiger partial charge in [-0.2, -0.15) is 4.98 Å². The predicted octanol–water partition coefficient (Wildman–Crippen LogP) is 5.17. The van der Waals surface area contributed by atoms with Gasteiger partial charge in [-0.05, 0) is 62.6 Å². The zero-order chi connectivity index (χ0) is 22.3. The Kier molecular flexibility index (Phi) is 6.69. The molecule has 1 aliphatic heterocycles. The molecule has 166 valence electrons. The van der Waals surface area contributed by atoms with Gasteiger partial charge in [0.1, 0.15) is 11.6 Å². The molecule has 0 bridgehead atoms. The molecular formula is C24H28N6O2. The van der Waals surface area contributed by atoms with Gasteiger partial charge in [0.05, 0.1) is 7.11 Å². The number of anilines is 5. The van der Waals surface area contributed by atoms with Crippen LogP contribution in [0.2, 0.25) is 0 Å². The van der Waals surface area contributed by atoms with Gasteiger partial charge in [0.25, 0.3) is 0 Å². The van der Waals surface area contributed by atoms with Crippen LogP contribution in [-0.2, 0) is 0 Å². The molecule has 0 saturated carbocycles. The van der Waals surface area contributed by atoms with Gasteiger partial charge < -0.3 is 25.6 Å². The number of nitrogens with zero attached hydrogens (tertiary/aromatic N) is 3. The van der Waals surface area contributed by atoms with Crippen LogP contribution in [0.25, 0.3) is 0 Å². The Hall–Kier alpha value is -3.81. The Morgan fingerprint density at radius 1 is 0.906 bits per heavy atom. The number of ether oxygens (including phenoxy) is 1. The van der Waals surface area contributed by atoms with E-state index in [1.165, 1.54) is 19.3 Å². The van der Waals surface area contributed by atoms with Gasteiger partial charge in [0.2, 0.25) is 5.95 Å². The standard InChI is InChI=1S/C24H28N6O2/c1-17-15-22(29-23(25-17)30-13-4-3-5-14-30)26-18-9-11-19(12-10-18)27-24(31)28-20-7-6-8-21(16-20)32-2/h6-12,15-16H,3-5,13-14H2,1-2H3,(H,25,26,29)(H2,27,28,31). The molecular weight excluding hydrogens is 404 g/mol. The summed E-state index contributed by atoms with van der Waals surface area (Å²) in [6.45, 7) is 3.98. The van der Waals surface area contributed by atoms with Crippen molar-refractivity contribution < 1.29 is 9.53 Å². The van der Waals surface area contributed by atoms with Crippen molar-refractivity contribution in [3.8, 4) is 5.75 Å². The van der Waals surface area contributed by atoms with Gasteiger partial charge in [-0.1, -0.05) is 6.07 Å². The second-order valence-corrected chi connectivity index (χ2v) is 7.76. The molecule has 2 aromatic carbocycles. The average molecular weight is 433 g/mol. The number of aromatic nitrogens is 2. The Balaban J connectivity index is 1.37. The van der Waals surface area contributed by atoms with E-state index in [9.17, 15) is 4.79 Å². The molecule has 1 saturated heterocycles. The molecule has 1 fully saturated rings. The van der Waals surface area contributed by atoms with Crippen LogP contribution in [0.15, 0.2) is 54.6 Å². The minimum atomic E-state index is -0.323. The van der Waals surface area contributed by atoms with E-state index in [0.29, 0.717) is 17.1 Å². The third-order valence-electron chi connectivity index (χ3n) is 5.22. The highest BCUT2D eigenvalue weighted by Gasteiger charge is 2.14. The first-order chi connectivity index (χ1) is 15.6. The molecule has 0 aliphatic carbocycles. The molecule has 8 heteroatoms. The lowest BCUT2D eigenvalue weighted by atomic mass is 10.1. The number of amides is 2. The van der Waals surface area contributed by atoms with Crippen molar-refractivity contribution in [1.29, 1.82) is 0 Å². The van der Waals surface area contributed by atoms with Crippen molar-refractivity contribution in [3.05, 3.63) is 60.3 Å². The van der Waals surface area contributed by atoms with Crippen LogP contribution in [0.5, 0.6) is 5.75 Å². The summed E-state index contributed by atoms with van der Waals surface area (Å²) in [7, 11) is 1.59. The summed E-state index contributed by atoms with van der Waals surface area (Å²) in [4.78, 5) is 23.8. The highest BCUT2D eigenvalue weighted by Crippen LogP contribution is 2.22. The lowest BCUT2D eigenvalue weighted by Crippen LogP contribution is -2.31. The first-order valence-electron chi connectivity index (χ1n) is 10.8. The van der Waals surface area contributed by atoms with Crippen molar-refractivity contribution >= 4 is 34.9 Å². The normalized spacial score (nSPS) is 13.4. The molecule has 4 rings (SSSR count). The monoisotopic (exact) mass is 432 g/mol. The number of hydrogen-bond acceptors (Lipinski definition) is 6. The maximum absolute atomic E-state index is 12.3. The summed E-state index contributed by atoms with van der Waals surface area (Å²) in [6, 6.07) is 16.3. The first-order valence-corrected chi connectivity index (χ1v) is 10.8. The highest BCUT2D eigenvalue weighted by atomic mass is 16.5. The van der Waals surface area contributed by atoms with E-state index in [4.69, 9.17) is 9.72 Å². The predicted molar refractivity (Wildman–Crippen MR) is 128 cm³/mol. The molecule has 3 aromatic rings. The van der Waals surface area contributed by atoms with Crippen LogP contribution in [0.3, 0.4) is 0 Å². The molecule has 8 nitrogen and oxygen atoms in total. The fourth-order valence-corrected chi connectivity index (χ4v) is 3.63. The maximum Gasteiger partial charge on any atom is 0.323 e. The second kappa shape index (κ2) is 10.00. The smallest absolute Gasteiger partial charge is 0.323 e. The average Bonchev–Trinajstić information content (AvgIpc) is 2.80. The van der Waals surface area contributed by atoms with Gasteiger partial charge in [-0.15, -0.1) is 0 Å². The molecule has 3 N–H and O–H groups in total. The summed E-state index contributed by atoms with van der Waals surface area (Å²) in [5, 5.41) is 8.96. The number of benzene rings is 2. The van der Waals surface area contributed by atoms with E-state index in [0.717, 1.165) is 36.2 Å². The van der Waals surface area contributed by atoms with Crippen LogP contribution < -0.4 is 25.6 Å². The van der Waals surface area contributed by atoms with Crippen molar-refractivity contribution in [2.24, 2.45) is 0 Å². The Morgan fingerprint density at radius 2 is 1.62 bits per heavy atom. The van der Waals surface area contributed by atoms with Crippen LogP contribution in [0.1, 0.15) is 25.0 Å². The molecule has 1 aliphatic rings. The maximum atomic E-state index is 12.3. The number of piperidine rings is 1. The Bertz CT molecular complexity index is 1060. The first kappa shape index (κ1) is 21.4. The van der Waals surface area contributed by atoms with Crippen molar-refractivity contribution in [3.63, 3.8) is 0 Å². The summed E-state index contributed by atoms with van der Waals surface area (Å²) < 4.78 is 5.18. The fraction of sp³-hybridized carbons (Fsp3) is 0.292. The molecule has 32 heavy (non-hydrogen) atoms. The van der Waals surface area contributed by atoms with Gasteiger partial charge in [-0.3, -0.25) is 0 Å². The number of hydrogen-bond donors (Lipinski definition) is 3. The molecule has 0 unspecified atom stereocenters.